The molecule has 6 heterocycles. The SMILES string of the molecule is C=CCC(C(=O)O)C(=O)SCCNC(=O)CCNC(=O)[C@H](O)C(C)(C)COP(=O)(O)OP(=O)(O)OC[C@H]1O[C@@H](n2cnc3c(N)ncnc32)[C@H](O)[C@@H]1OP(=O)(O)O.CCCC(C(=O)O)C(=O)SCCNC(=O)CCNC(=O)[C@H](O)C(C)(C)COP(=O)(O)OP(=O)(O)OC[C@H]1O[C@@H](n2cnc3c(N)ncnc32)[C@H](O)[C@@H]1OP(=O)(O)O. The highest BCUT2D eigenvalue weighted by atomic mass is 32.2. The van der Waals surface area contributed by atoms with Gasteiger partial charge in [0.05, 0.1) is 39.1 Å². The van der Waals surface area contributed by atoms with E-state index >= 15 is 0 Å². The van der Waals surface area contributed by atoms with Gasteiger partial charge in [0.2, 0.25) is 33.9 Å². The van der Waals surface area contributed by atoms with E-state index in [1.807, 2.05) is 0 Å². The molecule has 52 nitrogen and oxygen atoms in total. The first-order valence-electron chi connectivity index (χ1n) is 32.9. The fourth-order valence-electron chi connectivity index (χ4n) is 9.86. The van der Waals surface area contributed by atoms with Gasteiger partial charge in [-0.15, -0.1) is 6.58 Å². The van der Waals surface area contributed by atoms with Crippen molar-refractivity contribution in [3.05, 3.63) is 38.0 Å². The molecule has 2 aliphatic heterocycles. The van der Waals surface area contributed by atoms with Crippen LogP contribution in [0.4, 0.5) is 11.6 Å². The molecule has 16 atom stereocenters. The van der Waals surface area contributed by atoms with Gasteiger partial charge in [0.1, 0.15) is 84.4 Å². The summed E-state index contributed by atoms with van der Waals surface area (Å²) in [5.74, 6) is -8.00. The minimum absolute atomic E-state index is 0.00551. The number of phosphoric ester groups is 6. The van der Waals surface area contributed by atoms with E-state index in [4.69, 9.17) is 49.2 Å². The van der Waals surface area contributed by atoms with Crippen molar-refractivity contribution in [1.82, 2.24) is 60.3 Å². The maximum atomic E-state index is 12.7. The summed E-state index contributed by atoms with van der Waals surface area (Å²) in [5.41, 5.74) is 8.37. The van der Waals surface area contributed by atoms with Crippen LogP contribution < -0.4 is 32.7 Å². The lowest BCUT2D eigenvalue weighted by Gasteiger charge is -2.30. The Morgan fingerprint density at radius 3 is 1.27 bits per heavy atom. The molecule has 0 aliphatic carbocycles. The van der Waals surface area contributed by atoms with E-state index in [2.05, 4.69) is 75.4 Å². The minimum Gasteiger partial charge on any atom is -0.481 e. The number of amides is 4. The quantitative estimate of drug-likeness (QED) is 0.00995. The van der Waals surface area contributed by atoms with Crippen molar-refractivity contribution in [1.29, 1.82) is 0 Å². The second-order valence-corrected chi connectivity index (χ2v) is 36.2. The molecule has 4 aromatic heterocycles. The molecule has 0 bridgehead atoms. The molecule has 0 aromatic carbocycles. The van der Waals surface area contributed by atoms with Gasteiger partial charge in [-0.2, -0.15) is 8.62 Å². The van der Waals surface area contributed by atoms with Crippen molar-refractivity contribution in [2.75, 3.05) is 75.6 Å². The zero-order chi connectivity index (χ0) is 85.9. The van der Waals surface area contributed by atoms with Crippen molar-refractivity contribution in [3.8, 4) is 0 Å². The number of ether oxygens (including phenoxy) is 2. The number of nitrogen functional groups attached to an aromatic ring is 2. The predicted molar refractivity (Wildman–Crippen MR) is 386 cm³/mol. The number of aromatic nitrogens is 8. The number of aliphatic hydroxyl groups excluding tert-OH is 4. The second-order valence-electron chi connectivity index (χ2n) is 25.6. The van der Waals surface area contributed by atoms with Crippen molar-refractivity contribution >= 4 is 150 Å². The van der Waals surface area contributed by atoms with Gasteiger partial charge in [-0.25, -0.2) is 57.3 Å². The summed E-state index contributed by atoms with van der Waals surface area (Å²) in [7, 11) is -32.9. The lowest BCUT2D eigenvalue weighted by atomic mass is 9.87. The maximum Gasteiger partial charge on any atom is 0.481 e. The number of anilines is 2. The minimum atomic E-state index is -5.60. The molecule has 2 saturated heterocycles. The number of nitrogens with two attached hydrogens (primary N) is 2. The van der Waals surface area contributed by atoms with Crippen LogP contribution in [0.5, 0.6) is 0 Å². The van der Waals surface area contributed by atoms with Crippen molar-refractivity contribution < 1.29 is 181 Å². The molecule has 642 valence electrons. The second kappa shape index (κ2) is 42.5. The van der Waals surface area contributed by atoms with E-state index in [1.165, 1.54) is 33.8 Å². The molecule has 6 unspecified atom stereocenters. The molecule has 6 rings (SSSR count). The van der Waals surface area contributed by atoms with Crippen LogP contribution in [0.15, 0.2) is 38.0 Å². The van der Waals surface area contributed by atoms with Gasteiger partial charge < -0.3 is 112 Å². The monoisotopic (exact) mass is 1790 g/mol. The number of carboxylic acid groups (broad SMARTS) is 2. The smallest absolute Gasteiger partial charge is 0.481 e. The van der Waals surface area contributed by atoms with Crippen LogP contribution in [0, 0.1) is 22.7 Å². The van der Waals surface area contributed by atoms with Gasteiger partial charge in [0, 0.05) is 61.4 Å². The molecule has 0 radical (unpaired) electrons. The third-order valence-electron chi connectivity index (χ3n) is 15.6. The summed E-state index contributed by atoms with van der Waals surface area (Å²) in [6, 6.07) is 0. The number of thioether (sulfide) groups is 2. The number of carbonyl (C=O) groups excluding carboxylic acids is 6. The fraction of sp³-hybridized carbons (Fsp3) is 0.630. The zero-order valence-corrected chi connectivity index (χ0v) is 67.4. The van der Waals surface area contributed by atoms with Gasteiger partial charge in [0.15, 0.2) is 35.4 Å². The maximum absolute atomic E-state index is 12.7. The number of carbonyl (C=O) groups is 8. The number of nitrogens with zero attached hydrogens (tertiary/aromatic N) is 8. The predicted octanol–water partition coefficient (Wildman–Crippen LogP) is -1.89. The Balaban J connectivity index is 0.000000407. The first-order valence-corrected chi connectivity index (χ1v) is 43.9. The summed E-state index contributed by atoms with van der Waals surface area (Å²) in [6.07, 6.45) is -12.3. The Morgan fingerprint density at radius 2 is 0.930 bits per heavy atom. The molecule has 114 heavy (non-hydrogen) atoms. The number of hydrogen-bond donors (Lipinski definition) is 20. The first-order chi connectivity index (χ1) is 52.8. The summed E-state index contributed by atoms with van der Waals surface area (Å²) < 4.78 is 124. The van der Waals surface area contributed by atoms with Crippen LogP contribution in [0.25, 0.3) is 22.3 Å². The van der Waals surface area contributed by atoms with Gasteiger partial charge in [-0.05, 0) is 12.8 Å². The summed E-state index contributed by atoms with van der Waals surface area (Å²) >= 11 is 1.48. The van der Waals surface area contributed by atoms with Crippen molar-refractivity contribution in [2.24, 2.45) is 22.7 Å². The van der Waals surface area contributed by atoms with Crippen molar-refractivity contribution in [3.63, 3.8) is 0 Å². The Kier molecular flexibility index (Phi) is 36.6. The van der Waals surface area contributed by atoms with Crippen LogP contribution in [0.1, 0.15) is 79.2 Å². The Morgan fingerprint density at radius 1 is 0.570 bits per heavy atom. The Labute approximate surface area is 652 Å². The van der Waals surface area contributed by atoms with Gasteiger partial charge in [-0.1, -0.05) is 70.6 Å². The molecular weight excluding hydrogens is 1700 g/mol. The largest absolute Gasteiger partial charge is 0.481 e. The topological polar surface area (TPSA) is 802 Å². The fourth-order valence-corrected chi connectivity index (χ4v) is 17.1. The van der Waals surface area contributed by atoms with E-state index in [9.17, 15) is 125 Å². The van der Waals surface area contributed by atoms with E-state index in [0.717, 1.165) is 58.0 Å². The van der Waals surface area contributed by atoms with Crippen LogP contribution >= 0.6 is 70.5 Å². The summed E-state index contributed by atoms with van der Waals surface area (Å²) in [4.78, 5) is 197. The standard InChI is InChI=1S/C27H44N7O19P3S.C27H42N7O19P3S/c2*1-4-5-14(25(39)40)26(41)57-9-8-29-16(35)6-7-30-23(38)20(37)27(2,3)11-50-56(47,48)53-55(45,46)49-10-15-19(52-54(42,43)44)18(36)24(51-15)34-13-33-17-21(28)31-12-32-22(17)34/h12-15,18-20,24,36-37H,4-11H2,1-3H3,(H,29,35)(H,30,38)(H,39,40)(H,45,46)(H,47,48)(H2,28,31,32)(H2,42,43,44);4,12-15,18-20,24,36-37H,1,5-11H2,2-3H3,(H,29,35)(H,30,38)(H,39,40)(H,45,46)(H,47,48)(H2,28,31,32)(H2,42,43,44)/t2*14?,15-,18-,19-,20+,24-/m11/s1. The summed E-state index contributed by atoms with van der Waals surface area (Å²) in [5, 5.41) is 69.5. The third-order valence-corrected chi connectivity index (χ3v) is 23.8. The van der Waals surface area contributed by atoms with Gasteiger partial charge in [-0.3, -0.25) is 74.6 Å². The van der Waals surface area contributed by atoms with E-state index in [-0.39, 0.29) is 97.3 Å². The molecule has 0 spiro atoms. The molecule has 0 saturated carbocycles. The number of phosphoric acid groups is 6. The zero-order valence-electron chi connectivity index (χ0n) is 60.4. The molecular formula is C54H86N14O38P6S2. The van der Waals surface area contributed by atoms with Crippen LogP contribution in [0.2, 0.25) is 0 Å². The number of rotatable bonds is 46. The van der Waals surface area contributed by atoms with Crippen LogP contribution in [-0.2, 0) is 111 Å². The average Bonchev–Trinajstić information content (AvgIpc) is 1.62. The number of allylic oxidation sites excluding steroid dienone is 1. The number of carboxylic acids is 2. The molecule has 4 aromatic rings. The van der Waals surface area contributed by atoms with Crippen molar-refractivity contribution in [2.45, 2.75) is 128 Å². The van der Waals surface area contributed by atoms with Crippen LogP contribution in [-0.4, -0.2) is 268 Å². The van der Waals surface area contributed by atoms with Crippen LogP contribution in [0.3, 0.4) is 0 Å². The highest BCUT2D eigenvalue weighted by Crippen LogP contribution is 2.63. The van der Waals surface area contributed by atoms with E-state index in [1.54, 1.807) is 6.92 Å². The normalized spacial score (nSPS) is 21.9. The number of fused-ring (bicyclic) bond motifs is 2. The first kappa shape index (κ1) is 98.4. The number of aliphatic hydroxyl groups is 4. The molecule has 60 heteroatoms. The Bertz CT molecular complexity index is 4370. The number of hydrogen-bond acceptors (Lipinski definition) is 38. The van der Waals surface area contributed by atoms with E-state index < -0.39 is 203 Å². The molecule has 4 amide bonds. The third kappa shape index (κ3) is 30.3. The highest BCUT2D eigenvalue weighted by molar-refractivity contribution is 8.14. The number of nitrogens with one attached hydrogen (secondary N) is 4. The number of imidazole rings is 2. The summed E-state index contributed by atoms with van der Waals surface area (Å²) in [6.45, 7) is 5.37. The molecule has 22 N–H and O–H groups in total. The van der Waals surface area contributed by atoms with Gasteiger partial charge >= 0.3 is 58.9 Å². The average molecular weight is 1790 g/mol. The van der Waals surface area contributed by atoms with Gasteiger partial charge in [0.25, 0.3) is 0 Å². The number of aliphatic carboxylic acids is 2. The highest BCUT2D eigenvalue weighted by Gasteiger charge is 2.53. The lowest BCUT2D eigenvalue weighted by Crippen LogP contribution is -2.46. The molecule has 2 fully saturated rings. The molecule has 2 aliphatic rings. The Hall–Kier alpha value is -6.20. The van der Waals surface area contributed by atoms with E-state index in [0.29, 0.717) is 6.42 Å². The lowest BCUT2D eigenvalue weighted by molar-refractivity contribution is -0.145.